The molecule has 0 aliphatic heterocycles. The zero-order valence-corrected chi connectivity index (χ0v) is 12.0. The first-order chi connectivity index (χ1) is 7.65. The lowest BCUT2D eigenvalue weighted by Gasteiger charge is -2.01. The number of allylic oxidation sites excluding steroid dienone is 2. The van der Waals surface area contributed by atoms with E-state index >= 15 is 0 Å². The first-order valence-corrected chi connectivity index (χ1v) is 6.70. The number of halogens is 1. The molecular weight excluding hydrogens is 311 g/mol. The Morgan fingerprint density at radius 1 is 1.19 bits per heavy atom. The third-order valence-electron chi connectivity index (χ3n) is 2.56. The molecule has 0 spiro atoms. The molecule has 16 heavy (non-hydrogen) atoms. The Morgan fingerprint density at radius 2 is 1.75 bits per heavy atom. The van der Waals surface area contributed by atoms with E-state index in [-0.39, 0.29) is 5.78 Å². The molecule has 0 saturated heterocycles. The van der Waals surface area contributed by atoms with Crippen LogP contribution < -0.4 is 0 Å². The van der Waals surface area contributed by atoms with Crippen LogP contribution in [0.1, 0.15) is 32.3 Å². The summed E-state index contributed by atoms with van der Waals surface area (Å²) in [5.41, 5.74) is 2.32. The summed E-state index contributed by atoms with van der Waals surface area (Å²) in [6, 6.07) is 8.11. The molecule has 0 aliphatic rings. The van der Waals surface area contributed by atoms with Gasteiger partial charge in [0.25, 0.3) is 0 Å². The van der Waals surface area contributed by atoms with Gasteiger partial charge in [0.1, 0.15) is 0 Å². The molecule has 1 rings (SSSR count). The number of benzene rings is 1. The molecule has 1 aromatic carbocycles. The van der Waals surface area contributed by atoms with Crippen molar-refractivity contribution in [3.8, 4) is 0 Å². The van der Waals surface area contributed by atoms with Crippen molar-refractivity contribution in [1.82, 2.24) is 0 Å². The summed E-state index contributed by atoms with van der Waals surface area (Å²) in [5.74, 6) is 0.208. The zero-order valence-electron chi connectivity index (χ0n) is 9.79. The summed E-state index contributed by atoms with van der Waals surface area (Å²) >= 11 is 2.27. The molecule has 0 bridgehead atoms. The zero-order chi connectivity index (χ0) is 12.0. The quantitative estimate of drug-likeness (QED) is 0.586. The first-order valence-electron chi connectivity index (χ1n) is 5.62. The van der Waals surface area contributed by atoms with Gasteiger partial charge in [0.2, 0.25) is 0 Å². The summed E-state index contributed by atoms with van der Waals surface area (Å²) in [4.78, 5) is 11.7. The minimum Gasteiger partial charge on any atom is -0.294 e. The monoisotopic (exact) mass is 328 g/mol. The van der Waals surface area contributed by atoms with E-state index in [9.17, 15) is 4.79 Å². The molecule has 0 fully saturated rings. The molecule has 0 aliphatic carbocycles. The lowest BCUT2D eigenvalue weighted by Crippen LogP contribution is -2.00. The molecule has 1 nitrogen and oxygen atoms in total. The predicted molar refractivity (Wildman–Crippen MR) is 76.5 cm³/mol. The smallest absolute Gasteiger partial charge is 0.160 e. The molecule has 0 amide bonds. The van der Waals surface area contributed by atoms with Crippen LogP contribution in [0.25, 0.3) is 0 Å². The van der Waals surface area contributed by atoms with Gasteiger partial charge in [-0.1, -0.05) is 31.6 Å². The fraction of sp³-hybridized carbons (Fsp3) is 0.357. The molecule has 0 aromatic heterocycles. The van der Waals surface area contributed by atoms with Gasteiger partial charge in [-0.2, -0.15) is 0 Å². The SMILES string of the molecule is CCC(=CC(=O)Cc1ccc(I)cc1)CC. The fourth-order valence-corrected chi connectivity index (χ4v) is 1.90. The molecular formula is C14H17IO. The normalized spacial score (nSPS) is 9.94. The molecule has 2 heteroatoms. The van der Waals surface area contributed by atoms with Gasteiger partial charge in [-0.3, -0.25) is 4.79 Å². The maximum Gasteiger partial charge on any atom is 0.160 e. The third kappa shape index (κ3) is 4.47. The van der Waals surface area contributed by atoms with Gasteiger partial charge in [0, 0.05) is 9.99 Å². The average molecular weight is 328 g/mol. The summed E-state index contributed by atoms with van der Waals surface area (Å²) in [5, 5.41) is 0. The highest BCUT2D eigenvalue weighted by molar-refractivity contribution is 14.1. The molecule has 86 valence electrons. The van der Waals surface area contributed by atoms with E-state index in [2.05, 4.69) is 36.4 Å². The van der Waals surface area contributed by atoms with Crippen molar-refractivity contribution in [2.45, 2.75) is 33.1 Å². The van der Waals surface area contributed by atoms with Crippen molar-refractivity contribution in [2.24, 2.45) is 0 Å². The van der Waals surface area contributed by atoms with Gasteiger partial charge in [-0.15, -0.1) is 0 Å². The van der Waals surface area contributed by atoms with Crippen LogP contribution in [0.2, 0.25) is 0 Å². The van der Waals surface area contributed by atoms with E-state index in [0.29, 0.717) is 6.42 Å². The van der Waals surface area contributed by atoms with E-state index in [1.165, 1.54) is 9.14 Å². The second kappa shape index (κ2) is 6.84. The highest BCUT2D eigenvalue weighted by Crippen LogP contribution is 2.10. The molecule has 1 aromatic rings. The van der Waals surface area contributed by atoms with Gasteiger partial charge in [-0.25, -0.2) is 0 Å². The van der Waals surface area contributed by atoms with Crippen molar-refractivity contribution in [2.75, 3.05) is 0 Å². The Bertz CT molecular complexity index is 370. The molecule has 0 saturated carbocycles. The molecule has 0 N–H and O–H groups in total. The minimum atomic E-state index is 0.208. The Labute approximate surface area is 111 Å². The van der Waals surface area contributed by atoms with Crippen LogP contribution in [0.4, 0.5) is 0 Å². The summed E-state index contributed by atoms with van der Waals surface area (Å²) in [7, 11) is 0. The number of carbonyl (C=O) groups excluding carboxylic acids is 1. The van der Waals surface area contributed by atoms with E-state index in [4.69, 9.17) is 0 Å². The second-order valence-electron chi connectivity index (χ2n) is 3.78. The molecule has 0 heterocycles. The topological polar surface area (TPSA) is 17.1 Å². The van der Waals surface area contributed by atoms with Gasteiger partial charge >= 0.3 is 0 Å². The Balaban J connectivity index is 2.64. The van der Waals surface area contributed by atoms with Crippen LogP contribution in [-0.2, 0) is 11.2 Å². The van der Waals surface area contributed by atoms with Crippen LogP contribution in [0.5, 0.6) is 0 Å². The van der Waals surface area contributed by atoms with Crippen molar-refractivity contribution >= 4 is 28.4 Å². The van der Waals surface area contributed by atoms with Gasteiger partial charge in [0.05, 0.1) is 0 Å². The van der Waals surface area contributed by atoms with Crippen LogP contribution in [0, 0.1) is 3.57 Å². The number of hydrogen-bond donors (Lipinski definition) is 0. The Kier molecular flexibility index (Phi) is 5.74. The first kappa shape index (κ1) is 13.4. The fourth-order valence-electron chi connectivity index (χ4n) is 1.54. The van der Waals surface area contributed by atoms with E-state index in [1.807, 2.05) is 24.3 Å². The number of hydrogen-bond acceptors (Lipinski definition) is 1. The van der Waals surface area contributed by atoms with Crippen LogP contribution in [0.3, 0.4) is 0 Å². The summed E-state index contributed by atoms with van der Waals surface area (Å²) < 4.78 is 1.20. The highest BCUT2D eigenvalue weighted by Gasteiger charge is 2.01. The number of carbonyl (C=O) groups is 1. The Morgan fingerprint density at radius 3 is 2.25 bits per heavy atom. The van der Waals surface area contributed by atoms with E-state index in [0.717, 1.165) is 18.4 Å². The lowest BCUT2D eigenvalue weighted by molar-refractivity contribution is -0.114. The van der Waals surface area contributed by atoms with Gasteiger partial charge in [-0.05, 0) is 59.2 Å². The third-order valence-corrected chi connectivity index (χ3v) is 3.28. The largest absolute Gasteiger partial charge is 0.294 e. The van der Waals surface area contributed by atoms with Crippen molar-refractivity contribution in [3.05, 3.63) is 45.0 Å². The van der Waals surface area contributed by atoms with Crippen LogP contribution in [-0.4, -0.2) is 5.78 Å². The van der Waals surface area contributed by atoms with Crippen LogP contribution in [0.15, 0.2) is 35.9 Å². The van der Waals surface area contributed by atoms with Crippen molar-refractivity contribution in [3.63, 3.8) is 0 Å². The van der Waals surface area contributed by atoms with Crippen LogP contribution >= 0.6 is 22.6 Å². The van der Waals surface area contributed by atoms with Gasteiger partial charge in [0.15, 0.2) is 5.78 Å². The molecule has 0 unspecified atom stereocenters. The van der Waals surface area contributed by atoms with E-state index < -0.39 is 0 Å². The number of rotatable bonds is 5. The predicted octanol–water partition coefficient (Wildman–Crippen LogP) is 4.15. The number of ketones is 1. The maximum absolute atomic E-state index is 11.7. The highest BCUT2D eigenvalue weighted by atomic mass is 127. The molecule has 0 atom stereocenters. The molecule has 0 radical (unpaired) electrons. The Hall–Kier alpha value is -0.640. The standard InChI is InChI=1S/C14H17IO/c1-3-11(4-2)9-14(16)10-12-5-7-13(15)8-6-12/h5-9H,3-4,10H2,1-2H3. The van der Waals surface area contributed by atoms with Crippen molar-refractivity contribution < 1.29 is 4.79 Å². The maximum atomic E-state index is 11.7. The lowest BCUT2D eigenvalue weighted by atomic mass is 10.0. The van der Waals surface area contributed by atoms with Crippen molar-refractivity contribution in [1.29, 1.82) is 0 Å². The second-order valence-corrected chi connectivity index (χ2v) is 5.02. The summed E-state index contributed by atoms with van der Waals surface area (Å²) in [6.45, 7) is 4.18. The summed E-state index contributed by atoms with van der Waals surface area (Å²) in [6.07, 6.45) is 4.25. The minimum absolute atomic E-state index is 0.208. The average Bonchev–Trinajstić information content (AvgIpc) is 2.29. The van der Waals surface area contributed by atoms with E-state index in [1.54, 1.807) is 6.08 Å². The van der Waals surface area contributed by atoms with Gasteiger partial charge < -0.3 is 0 Å².